The fraction of sp³-hybridized carbons (Fsp3) is 0.333. The van der Waals surface area contributed by atoms with Crippen LogP contribution in [0.5, 0.6) is 0 Å². The number of para-hydroxylation sites is 1. The van der Waals surface area contributed by atoms with Crippen LogP contribution < -0.4 is 21.3 Å². The normalized spacial score (nSPS) is 14.0. The van der Waals surface area contributed by atoms with Crippen LogP contribution in [-0.4, -0.2) is 39.2 Å². The lowest BCUT2D eigenvalue weighted by atomic mass is 9.88. The molecule has 0 bridgehead atoms. The Morgan fingerprint density at radius 2 is 1.97 bits per heavy atom. The lowest BCUT2D eigenvalue weighted by molar-refractivity contribution is 0.0964. The average molecular weight is 406 g/mol. The highest BCUT2D eigenvalue weighted by molar-refractivity contribution is 6.00. The molecule has 30 heavy (non-hydrogen) atoms. The second-order valence-electron chi connectivity index (χ2n) is 8.03. The fourth-order valence-electron chi connectivity index (χ4n) is 3.66. The zero-order chi connectivity index (χ0) is 21.5. The molecule has 1 aliphatic heterocycles. The minimum Gasteiger partial charge on any atom is -0.369 e. The zero-order valence-electron chi connectivity index (χ0n) is 17.8. The number of aryl methyl sites for hydroxylation is 2. The van der Waals surface area contributed by atoms with Gasteiger partial charge in [-0.15, -0.1) is 0 Å². The molecule has 2 aromatic heterocycles. The monoisotopic (exact) mass is 406 g/mol. The van der Waals surface area contributed by atoms with Crippen molar-refractivity contribution in [2.75, 3.05) is 29.5 Å². The number of anilines is 5. The van der Waals surface area contributed by atoms with Gasteiger partial charge in [-0.1, -0.05) is 26.0 Å². The van der Waals surface area contributed by atoms with Crippen LogP contribution in [0.25, 0.3) is 0 Å². The summed E-state index contributed by atoms with van der Waals surface area (Å²) >= 11 is 0. The Balaban J connectivity index is 1.78. The zero-order valence-corrected chi connectivity index (χ0v) is 17.8. The molecule has 9 heteroatoms. The number of hydrogen-bond acceptors (Lipinski definition) is 7. The van der Waals surface area contributed by atoms with E-state index in [1.54, 1.807) is 17.8 Å². The van der Waals surface area contributed by atoms with Crippen LogP contribution in [0.2, 0.25) is 0 Å². The van der Waals surface area contributed by atoms with Crippen LogP contribution >= 0.6 is 0 Å². The summed E-state index contributed by atoms with van der Waals surface area (Å²) < 4.78 is 1.75. The highest BCUT2D eigenvalue weighted by Gasteiger charge is 2.35. The van der Waals surface area contributed by atoms with Gasteiger partial charge in [0.2, 0.25) is 5.95 Å². The van der Waals surface area contributed by atoms with E-state index in [0.29, 0.717) is 23.0 Å². The summed E-state index contributed by atoms with van der Waals surface area (Å²) in [5.74, 6) is 2.51. The Labute approximate surface area is 175 Å². The molecule has 0 aliphatic carbocycles. The molecule has 0 atom stereocenters. The van der Waals surface area contributed by atoms with Crippen molar-refractivity contribution in [2.24, 2.45) is 7.05 Å². The van der Waals surface area contributed by atoms with Crippen LogP contribution in [0.3, 0.4) is 0 Å². The molecule has 0 unspecified atom stereocenters. The van der Waals surface area contributed by atoms with Crippen LogP contribution in [0.4, 0.5) is 29.1 Å². The van der Waals surface area contributed by atoms with E-state index in [1.165, 1.54) is 0 Å². The number of carbonyl (C=O) groups is 1. The standard InChI is InChI=1S/C21H26N8O/c1-12-10-15(29(5)28-12)25-20-26-17-16(21(2,3)11-23-17)18(27-20)24-14-9-7-6-8-13(14)19(30)22-4/h6-10H,11H2,1-5H3,(H,22,30)(H3,23,24,25,26,27). The number of carbonyl (C=O) groups excluding carboxylic acids is 1. The summed E-state index contributed by atoms with van der Waals surface area (Å²) in [6.07, 6.45) is 0. The van der Waals surface area contributed by atoms with E-state index < -0.39 is 0 Å². The Kier molecular flexibility index (Phi) is 4.81. The lowest BCUT2D eigenvalue weighted by Gasteiger charge is -2.21. The van der Waals surface area contributed by atoms with E-state index >= 15 is 0 Å². The first-order chi connectivity index (χ1) is 14.3. The van der Waals surface area contributed by atoms with Crippen molar-refractivity contribution in [1.29, 1.82) is 0 Å². The number of hydrogen-bond donors (Lipinski definition) is 4. The maximum Gasteiger partial charge on any atom is 0.253 e. The quantitative estimate of drug-likeness (QED) is 0.516. The number of benzene rings is 1. The van der Waals surface area contributed by atoms with Crippen LogP contribution in [0.15, 0.2) is 30.3 Å². The first-order valence-corrected chi connectivity index (χ1v) is 9.80. The smallest absolute Gasteiger partial charge is 0.253 e. The van der Waals surface area contributed by atoms with Crippen LogP contribution in [-0.2, 0) is 12.5 Å². The molecule has 1 amide bonds. The maximum absolute atomic E-state index is 12.3. The molecule has 0 radical (unpaired) electrons. The Morgan fingerprint density at radius 3 is 2.67 bits per heavy atom. The van der Waals surface area contributed by atoms with Gasteiger partial charge >= 0.3 is 0 Å². The van der Waals surface area contributed by atoms with E-state index in [1.807, 2.05) is 38.2 Å². The Bertz CT molecular complexity index is 1120. The number of nitrogens with zero attached hydrogens (tertiary/aromatic N) is 4. The summed E-state index contributed by atoms with van der Waals surface area (Å²) in [4.78, 5) is 21.8. The highest BCUT2D eigenvalue weighted by Crippen LogP contribution is 2.41. The summed E-state index contributed by atoms with van der Waals surface area (Å²) in [5, 5.41) is 17.0. The molecular weight excluding hydrogens is 380 g/mol. The molecule has 3 aromatic rings. The third kappa shape index (κ3) is 3.54. The second kappa shape index (κ2) is 7.33. The van der Waals surface area contributed by atoms with Crippen molar-refractivity contribution in [1.82, 2.24) is 25.1 Å². The number of fused-ring (bicyclic) bond motifs is 1. The summed E-state index contributed by atoms with van der Waals surface area (Å²) in [6, 6.07) is 9.30. The highest BCUT2D eigenvalue weighted by atomic mass is 16.1. The van der Waals surface area contributed by atoms with Gasteiger partial charge in [-0.2, -0.15) is 15.1 Å². The van der Waals surface area contributed by atoms with Gasteiger partial charge in [0.05, 0.1) is 16.9 Å². The minimum absolute atomic E-state index is 0.162. The van der Waals surface area contributed by atoms with Crippen molar-refractivity contribution in [2.45, 2.75) is 26.2 Å². The van der Waals surface area contributed by atoms with Crippen molar-refractivity contribution < 1.29 is 4.79 Å². The van der Waals surface area contributed by atoms with Gasteiger partial charge < -0.3 is 21.3 Å². The van der Waals surface area contributed by atoms with E-state index in [4.69, 9.17) is 4.98 Å². The predicted molar refractivity (Wildman–Crippen MR) is 118 cm³/mol. The fourth-order valence-corrected chi connectivity index (χ4v) is 3.66. The van der Waals surface area contributed by atoms with Gasteiger partial charge in [0.15, 0.2) is 0 Å². The van der Waals surface area contributed by atoms with Crippen molar-refractivity contribution >= 4 is 35.0 Å². The molecule has 4 rings (SSSR count). The number of nitrogens with one attached hydrogen (secondary N) is 4. The Hall–Kier alpha value is -3.62. The first kappa shape index (κ1) is 19.7. The largest absolute Gasteiger partial charge is 0.369 e. The topological polar surface area (TPSA) is 109 Å². The predicted octanol–water partition coefficient (Wildman–Crippen LogP) is 3.07. The number of aromatic nitrogens is 4. The molecular formula is C21H26N8O. The van der Waals surface area contributed by atoms with Crippen molar-refractivity contribution in [3.8, 4) is 0 Å². The molecule has 4 N–H and O–H groups in total. The summed E-state index contributed by atoms with van der Waals surface area (Å²) in [5.41, 5.74) is 2.95. The van der Waals surface area contributed by atoms with Gasteiger partial charge in [-0.3, -0.25) is 9.48 Å². The second-order valence-corrected chi connectivity index (χ2v) is 8.03. The summed E-state index contributed by atoms with van der Waals surface area (Å²) in [6.45, 7) is 6.96. The molecule has 0 fully saturated rings. The number of rotatable bonds is 5. The third-order valence-corrected chi connectivity index (χ3v) is 5.18. The lowest BCUT2D eigenvalue weighted by Crippen LogP contribution is -2.22. The van der Waals surface area contributed by atoms with E-state index in [9.17, 15) is 4.79 Å². The van der Waals surface area contributed by atoms with Crippen molar-refractivity contribution in [3.05, 3.63) is 47.2 Å². The first-order valence-electron chi connectivity index (χ1n) is 9.80. The van der Waals surface area contributed by atoms with E-state index in [2.05, 4.69) is 45.2 Å². The van der Waals surface area contributed by atoms with E-state index in [-0.39, 0.29) is 11.3 Å². The molecule has 9 nitrogen and oxygen atoms in total. The SMILES string of the molecule is CNC(=O)c1ccccc1Nc1nc(Nc2cc(C)nn2C)nc2c1C(C)(C)CN2. The van der Waals surface area contributed by atoms with Gasteiger partial charge in [-0.25, -0.2) is 0 Å². The molecule has 156 valence electrons. The molecule has 0 saturated carbocycles. The molecule has 1 aromatic carbocycles. The van der Waals surface area contributed by atoms with Gasteiger partial charge in [0.25, 0.3) is 5.91 Å². The average Bonchev–Trinajstić information content (AvgIpc) is 3.19. The van der Waals surface area contributed by atoms with E-state index in [0.717, 1.165) is 29.4 Å². The van der Waals surface area contributed by atoms with Crippen LogP contribution in [0, 0.1) is 6.92 Å². The van der Waals surface area contributed by atoms with Gasteiger partial charge in [-0.05, 0) is 19.1 Å². The van der Waals surface area contributed by atoms with Crippen molar-refractivity contribution in [3.63, 3.8) is 0 Å². The number of amides is 1. The summed E-state index contributed by atoms with van der Waals surface area (Å²) in [7, 11) is 3.48. The molecule has 0 saturated heterocycles. The van der Waals surface area contributed by atoms with Gasteiger partial charge in [0.1, 0.15) is 17.5 Å². The maximum atomic E-state index is 12.3. The van der Waals surface area contributed by atoms with Crippen LogP contribution in [0.1, 0.15) is 35.5 Å². The molecule has 3 heterocycles. The Morgan fingerprint density at radius 1 is 1.20 bits per heavy atom. The third-order valence-electron chi connectivity index (χ3n) is 5.18. The minimum atomic E-state index is -0.165. The molecule has 0 spiro atoms. The molecule has 1 aliphatic rings. The van der Waals surface area contributed by atoms with Gasteiger partial charge in [0, 0.05) is 37.7 Å².